The van der Waals surface area contributed by atoms with Gasteiger partial charge in [0.2, 0.25) is 0 Å². The molecule has 21 heavy (non-hydrogen) atoms. The Hall–Kier alpha value is -2.44. The van der Waals surface area contributed by atoms with Gasteiger partial charge in [-0.15, -0.1) is 0 Å². The van der Waals surface area contributed by atoms with E-state index in [9.17, 15) is 13.6 Å². The van der Waals surface area contributed by atoms with E-state index in [0.29, 0.717) is 5.69 Å². The van der Waals surface area contributed by atoms with E-state index in [-0.39, 0.29) is 17.4 Å². The smallest absolute Gasteiger partial charge is 0.387 e. The number of para-hydroxylation sites is 1. The van der Waals surface area contributed by atoms with Crippen LogP contribution in [-0.4, -0.2) is 22.3 Å². The molecule has 2 rings (SSSR count). The third-order valence-electron chi connectivity index (χ3n) is 2.74. The minimum absolute atomic E-state index is 0.0371. The van der Waals surface area contributed by atoms with Crippen molar-refractivity contribution in [2.45, 2.75) is 26.5 Å². The van der Waals surface area contributed by atoms with E-state index in [4.69, 9.17) is 0 Å². The van der Waals surface area contributed by atoms with E-state index >= 15 is 0 Å². The number of ether oxygens (including phenoxy) is 1. The molecule has 2 aromatic rings. The van der Waals surface area contributed by atoms with Gasteiger partial charge >= 0.3 is 6.61 Å². The van der Waals surface area contributed by atoms with Gasteiger partial charge in [0, 0.05) is 12.2 Å². The molecule has 1 N–H and O–H groups in total. The number of carbonyl (C=O) groups is 1. The van der Waals surface area contributed by atoms with E-state index in [1.807, 2.05) is 13.8 Å². The maximum atomic E-state index is 12.3. The monoisotopic (exact) mass is 295 g/mol. The fourth-order valence-electron chi connectivity index (χ4n) is 1.74. The van der Waals surface area contributed by atoms with E-state index in [2.05, 4.69) is 15.2 Å². The second-order valence-corrected chi connectivity index (χ2v) is 4.63. The summed E-state index contributed by atoms with van der Waals surface area (Å²) in [5.74, 6) is -0.698. The Balaban J connectivity index is 2.16. The Bertz CT molecular complexity index is 626. The zero-order valence-electron chi connectivity index (χ0n) is 11.6. The maximum absolute atomic E-state index is 12.3. The fraction of sp³-hybridized carbons (Fsp3) is 0.286. The van der Waals surface area contributed by atoms with Gasteiger partial charge in [0.05, 0.1) is 17.4 Å². The molecule has 5 nitrogen and oxygen atoms in total. The lowest BCUT2D eigenvalue weighted by Crippen LogP contribution is -2.14. The predicted molar refractivity (Wildman–Crippen MR) is 73.6 cm³/mol. The standard InChI is InChI=1S/C14H15F2N3O2/c1-9(2)19-8-10(7-17-19)18-13(20)11-5-3-4-6-12(11)21-14(15)16/h3-9,14H,1-2H3,(H,18,20). The van der Waals surface area contributed by atoms with Crippen molar-refractivity contribution in [1.29, 1.82) is 0 Å². The van der Waals surface area contributed by atoms with Gasteiger partial charge in [-0.3, -0.25) is 9.48 Å². The third kappa shape index (κ3) is 3.77. The molecule has 0 atom stereocenters. The molecule has 112 valence electrons. The number of carbonyl (C=O) groups excluding carboxylic acids is 1. The SMILES string of the molecule is CC(C)n1cc(NC(=O)c2ccccc2OC(F)F)cn1. The van der Waals surface area contributed by atoms with Crippen LogP contribution in [0.5, 0.6) is 5.75 Å². The third-order valence-corrected chi connectivity index (χ3v) is 2.74. The van der Waals surface area contributed by atoms with Crippen molar-refractivity contribution in [3.63, 3.8) is 0 Å². The summed E-state index contributed by atoms with van der Waals surface area (Å²) in [6.07, 6.45) is 3.16. The lowest BCUT2D eigenvalue weighted by atomic mass is 10.2. The Kier molecular flexibility index (Phi) is 4.52. The summed E-state index contributed by atoms with van der Waals surface area (Å²) < 4.78 is 30.6. The van der Waals surface area contributed by atoms with Gasteiger partial charge in [-0.05, 0) is 26.0 Å². The van der Waals surface area contributed by atoms with E-state index in [1.165, 1.54) is 24.4 Å². The number of amides is 1. The van der Waals surface area contributed by atoms with Crippen LogP contribution in [0.3, 0.4) is 0 Å². The molecule has 0 bridgehead atoms. The molecule has 0 aliphatic heterocycles. The first-order valence-electron chi connectivity index (χ1n) is 6.36. The molecule has 0 aliphatic rings. The second kappa shape index (κ2) is 6.34. The number of nitrogens with one attached hydrogen (secondary N) is 1. The van der Waals surface area contributed by atoms with Crippen LogP contribution < -0.4 is 10.1 Å². The number of rotatable bonds is 5. The zero-order valence-corrected chi connectivity index (χ0v) is 11.6. The highest BCUT2D eigenvalue weighted by atomic mass is 19.3. The van der Waals surface area contributed by atoms with Crippen molar-refractivity contribution < 1.29 is 18.3 Å². The van der Waals surface area contributed by atoms with Crippen LogP contribution in [0.15, 0.2) is 36.7 Å². The second-order valence-electron chi connectivity index (χ2n) is 4.63. The molecule has 0 saturated carbocycles. The van der Waals surface area contributed by atoms with Gasteiger partial charge in [-0.1, -0.05) is 12.1 Å². The highest BCUT2D eigenvalue weighted by Gasteiger charge is 2.16. The average Bonchev–Trinajstić information content (AvgIpc) is 2.87. The van der Waals surface area contributed by atoms with Crippen LogP contribution in [0.1, 0.15) is 30.2 Å². The zero-order chi connectivity index (χ0) is 15.4. The Morgan fingerprint density at radius 2 is 2.05 bits per heavy atom. The van der Waals surface area contributed by atoms with E-state index < -0.39 is 12.5 Å². The molecule has 0 aliphatic carbocycles. The number of hydrogen-bond acceptors (Lipinski definition) is 3. The molecule has 1 heterocycles. The summed E-state index contributed by atoms with van der Waals surface area (Å²) in [5, 5.41) is 6.68. The molecular formula is C14H15F2N3O2. The first kappa shape index (κ1) is 15.0. The topological polar surface area (TPSA) is 56.2 Å². The first-order valence-corrected chi connectivity index (χ1v) is 6.36. The van der Waals surface area contributed by atoms with Crippen LogP contribution in [0.2, 0.25) is 0 Å². The van der Waals surface area contributed by atoms with E-state index in [1.54, 1.807) is 16.9 Å². The van der Waals surface area contributed by atoms with Crippen LogP contribution in [0.25, 0.3) is 0 Å². The maximum Gasteiger partial charge on any atom is 0.387 e. The van der Waals surface area contributed by atoms with E-state index in [0.717, 1.165) is 0 Å². The number of halogens is 2. The van der Waals surface area contributed by atoms with Gasteiger partial charge < -0.3 is 10.1 Å². The van der Waals surface area contributed by atoms with Gasteiger partial charge in [0.25, 0.3) is 5.91 Å². The Labute approximate surface area is 120 Å². The van der Waals surface area contributed by atoms with Crippen LogP contribution in [0, 0.1) is 0 Å². The lowest BCUT2D eigenvalue weighted by molar-refractivity contribution is -0.0501. The number of aromatic nitrogens is 2. The van der Waals surface area contributed by atoms with Crippen molar-refractivity contribution in [2.75, 3.05) is 5.32 Å². The van der Waals surface area contributed by atoms with Gasteiger partial charge in [-0.2, -0.15) is 13.9 Å². The summed E-state index contributed by atoms with van der Waals surface area (Å²) in [7, 11) is 0. The number of hydrogen-bond donors (Lipinski definition) is 1. The highest BCUT2D eigenvalue weighted by molar-refractivity contribution is 6.06. The van der Waals surface area contributed by atoms with Gasteiger partial charge in [0.1, 0.15) is 5.75 Å². The Morgan fingerprint density at radius 3 is 2.67 bits per heavy atom. The molecule has 1 amide bonds. The quantitative estimate of drug-likeness (QED) is 0.920. The van der Waals surface area contributed by atoms with Crippen molar-refractivity contribution in [2.24, 2.45) is 0 Å². The average molecular weight is 295 g/mol. The molecule has 0 unspecified atom stereocenters. The number of benzene rings is 1. The minimum Gasteiger partial charge on any atom is -0.434 e. The molecular weight excluding hydrogens is 280 g/mol. The number of anilines is 1. The minimum atomic E-state index is -2.98. The molecule has 7 heteroatoms. The summed E-state index contributed by atoms with van der Waals surface area (Å²) in [4.78, 5) is 12.1. The Morgan fingerprint density at radius 1 is 1.33 bits per heavy atom. The summed E-state index contributed by atoms with van der Waals surface area (Å²) >= 11 is 0. The summed E-state index contributed by atoms with van der Waals surface area (Å²) in [6, 6.07) is 5.99. The molecule has 1 aromatic heterocycles. The highest BCUT2D eigenvalue weighted by Crippen LogP contribution is 2.21. The van der Waals surface area contributed by atoms with Crippen molar-refractivity contribution in [3.8, 4) is 5.75 Å². The number of nitrogens with zero attached hydrogens (tertiary/aromatic N) is 2. The largest absolute Gasteiger partial charge is 0.434 e. The molecule has 0 spiro atoms. The van der Waals surface area contributed by atoms with Gasteiger partial charge in [-0.25, -0.2) is 0 Å². The molecule has 0 saturated heterocycles. The number of alkyl halides is 2. The predicted octanol–water partition coefficient (Wildman–Crippen LogP) is 3.32. The lowest BCUT2D eigenvalue weighted by Gasteiger charge is -2.10. The van der Waals surface area contributed by atoms with Gasteiger partial charge in [0.15, 0.2) is 0 Å². The first-order chi connectivity index (χ1) is 9.97. The van der Waals surface area contributed by atoms with Crippen molar-refractivity contribution in [1.82, 2.24) is 9.78 Å². The van der Waals surface area contributed by atoms with Crippen LogP contribution in [0.4, 0.5) is 14.5 Å². The molecule has 0 fully saturated rings. The summed E-state index contributed by atoms with van der Waals surface area (Å²) in [5.41, 5.74) is 0.524. The summed E-state index contributed by atoms with van der Waals surface area (Å²) in [6.45, 7) is 0.914. The van der Waals surface area contributed by atoms with Crippen LogP contribution >= 0.6 is 0 Å². The van der Waals surface area contributed by atoms with Crippen LogP contribution in [-0.2, 0) is 0 Å². The molecule has 0 radical (unpaired) electrons. The molecule has 1 aromatic carbocycles. The van der Waals surface area contributed by atoms with Crippen molar-refractivity contribution >= 4 is 11.6 Å². The normalized spacial score (nSPS) is 11.0. The van der Waals surface area contributed by atoms with Crippen molar-refractivity contribution in [3.05, 3.63) is 42.2 Å². The fourth-order valence-corrected chi connectivity index (χ4v) is 1.74.